The van der Waals surface area contributed by atoms with Crippen LogP contribution in [0.3, 0.4) is 0 Å². The molecule has 0 heterocycles. The summed E-state index contributed by atoms with van der Waals surface area (Å²) in [6.45, 7) is 10.4. The van der Waals surface area contributed by atoms with Gasteiger partial charge in [0.05, 0.1) is 35.2 Å². The largest absolute Gasteiger partial charge is 0.490 e. The van der Waals surface area contributed by atoms with Crippen molar-refractivity contribution in [2.75, 3.05) is 14.2 Å². The molecule has 0 aliphatic rings. The van der Waals surface area contributed by atoms with E-state index in [1.54, 1.807) is 41.5 Å². The first-order chi connectivity index (χ1) is 10.8. The molecular weight excluding hydrogens is 316 g/mol. The standard InChI is InChI=1S/C16H24N2O6/c1-15(2,3)9-11(17(19)20)14(24-8)10(16(4,5)6)12(18(21)22)13(9)23-7/h1-8H3. The third-order valence-electron chi connectivity index (χ3n) is 3.63. The molecule has 0 fully saturated rings. The Hall–Kier alpha value is -2.38. The number of rotatable bonds is 4. The molecule has 24 heavy (non-hydrogen) atoms. The molecule has 0 aliphatic carbocycles. The number of nitrogens with zero attached hydrogens (tertiary/aromatic N) is 2. The first-order valence-electron chi connectivity index (χ1n) is 7.40. The second-order valence-electron chi connectivity index (χ2n) is 7.53. The molecule has 0 saturated carbocycles. The van der Waals surface area contributed by atoms with Crippen molar-refractivity contribution in [3.05, 3.63) is 31.4 Å². The van der Waals surface area contributed by atoms with Gasteiger partial charge in [0.1, 0.15) is 0 Å². The summed E-state index contributed by atoms with van der Waals surface area (Å²) in [5.74, 6) is -0.185. The fourth-order valence-corrected chi connectivity index (χ4v) is 2.82. The Morgan fingerprint density at radius 3 is 1.08 bits per heavy atom. The summed E-state index contributed by atoms with van der Waals surface area (Å²) >= 11 is 0. The van der Waals surface area contributed by atoms with E-state index in [1.165, 1.54) is 14.2 Å². The Kier molecular flexibility index (Phi) is 5.13. The zero-order valence-electron chi connectivity index (χ0n) is 15.3. The van der Waals surface area contributed by atoms with E-state index in [4.69, 9.17) is 9.47 Å². The highest BCUT2D eigenvalue weighted by molar-refractivity contribution is 5.75. The van der Waals surface area contributed by atoms with Crippen molar-refractivity contribution in [3.8, 4) is 11.5 Å². The molecule has 0 aliphatic heterocycles. The maximum atomic E-state index is 11.8. The van der Waals surface area contributed by atoms with Crippen molar-refractivity contribution < 1.29 is 19.3 Å². The zero-order valence-corrected chi connectivity index (χ0v) is 15.3. The van der Waals surface area contributed by atoms with Gasteiger partial charge in [0.15, 0.2) is 0 Å². The van der Waals surface area contributed by atoms with Crippen molar-refractivity contribution in [2.24, 2.45) is 0 Å². The zero-order chi connectivity index (χ0) is 19.0. The molecule has 1 aromatic carbocycles. The Morgan fingerprint density at radius 1 is 0.708 bits per heavy atom. The fourth-order valence-electron chi connectivity index (χ4n) is 2.82. The van der Waals surface area contributed by atoms with Crippen molar-refractivity contribution in [1.29, 1.82) is 0 Å². The van der Waals surface area contributed by atoms with Crippen molar-refractivity contribution >= 4 is 11.4 Å². The molecule has 1 aromatic rings. The van der Waals surface area contributed by atoms with Crippen LogP contribution in [0.15, 0.2) is 0 Å². The quantitative estimate of drug-likeness (QED) is 0.603. The molecule has 0 amide bonds. The van der Waals surface area contributed by atoms with E-state index in [9.17, 15) is 20.2 Å². The molecule has 0 aromatic heterocycles. The maximum absolute atomic E-state index is 11.8. The minimum absolute atomic E-state index is 0.0927. The lowest BCUT2D eigenvalue weighted by Crippen LogP contribution is -2.22. The first-order valence-corrected chi connectivity index (χ1v) is 7.40. The number of benzene rings is 1. The van der Waals surface area contributed by atoms with Gasteiger partial charge in [-0.3, -0.25) is 20.2 Å². The van der Waals surface area contributed by atoms with Gasteiger partial charge < -0.3 is 9.47 Å². The molecule has 0 unspecified atom stereocenters. The van der Waals surface area contributed by atoms with Gasteiger partial charge in [-0.1, -0.05) is 41.5 Å². The summed E-state index contributed by atoms with van der Waals surface area (Å²) in [5.41, 5.74) is -1.82. The molecule has 1 rings (SSSR count). The fraction of sp³-hybridized carbons (Fsp3) is 0.625. The number of hydrogen-bond donors (Lipinski definition) is 0. The third kappa shape index (κ3) is 3.27. The van der Waals surface area contributed by atoms with Crippen LogP contribution < -0.4 is 9.47 Å². The van der Waals surface area contributed by atoms with Crippen LogP contribution in [0.4, 0.5) is 11.4 Å². The minimum Gasteiger partial charge on any atom is -0.490 e. The van der Waals surface area contributed by atoms with Crippen molar-refractivity contribution in [1.82, 2.24) is 0 Å². The van der Waals surface area contributed by atoms with Gasteiger partial charge in [-0.15, -0.1) is 0 Å². The monoisotopic (exact) mass is 340 g/mol. The molecular formula is C16H24N2O6. The SMILES string of the molecule is COc1c([N+](=O)[O-])c(C(C)(C)C)c(OC)c([N+](=O)[O-])c1C(C)(C)C. The average molecular weight is 340 g/mol. The van der Waals surface area contributed by atoms with E-state index in [1.807, 2.05) is 0 Å². The van der Waals surface area contributed by atoms with Gasteiger partial charge in [-0.2, -0.15) is 0 Å². The molecule has 0 saturated heterocycles. The molecule has 8 heteroatoms. The molecule has 0 N–H and O–H groups in total. The first kappa shape index (κ1) is 19.7. The topological polar surface area (TPSA) is 105 Å². The van der Waals surface area contributed by atoms with Gasteiger partial charge in [-0.05, 0) is 10.8 Å². The van der Waals surface area contributed by atoms with Crippen LogP contribution in [0.2, 0.25) is 0 Å². The third-order valence-corrected chi connectivity index (χ3v) is 3.63. The van der Waals surface area contributed by atoms with E-state index < -0.39 is 20.7 Å². The summed E-state index contributed by atoms with van der Waals surface area (Å²) in [6.07, 6.45) is 0. The van der Waals surface area contributed by atoms with Gasteiger partial charge in [0.2, 0.25) is 11.5 Å². The lowest BCUT2D eigenvalue weighted by atomic mass is 9.78. The van der Waals surface area contributed by atoms with E-state index >= 15 is 0 Å². The highest BCUT2D eigenvalue weighted by Gasteiger charge is 2.45. The van der Waals surface area contributed by atoms with E-state index in [0.29, 0.717) is 0 Å². The highest BCUT2D eigenvalue weighted by atomic mass is 16.6. The summed E-state index contributed by atoms with van der Waals surface area (Å²) in [7, 11) is 2.56. The van der Waals surface area contributed by atoms with Crippen LogP contribution in [-0.4, -0.2) is 24.1 Å². The van der Waals surface area contributed by atoms with Gasteiger partial charge in [0.25, 0.3) is 0 Å². The predicted molar refractivity (Wildman–Crippen MR) is 90.3 cm³/mol. The lowest BCUT2D eigenvalue weighted by molar-refractivity contribution is -0.392. The number of nitro groups is 2. The van der Waals surface area contributed by atoms with Crippen LogP contribution in [0, 0.1) is 20.2 Å². The number of ether oxygens (including phenoxy) is 2. The summed E-state index contributed by atoms with van der Waals surface area (Å²) < 4.78 is 10.6. The van der Waals surface area contributed by atoms with Gasteiger partial charge in [0, 0.05) is 0 Å². The van der Waals surface area contributed by atoms with Crippen molar-refractivity contribution in [2.45, 2.75) is 52.4 Å². The average Bonchev–Trinajstić information content (AvgIpc) is 2.41. The molecule has 0 spiro atoms. The van der Waals surface area contributed by atoms with Gasteiger partial charge >= 0.3 is 11.4 Å². The number of nitro benzene ring substituents is 2. The molecule has 0 radical (unpaired) electrons. The van der Waals surface area contributed by atoms with Crippen LogP contribution in [-0.2, 0) is 10.8 Å². The highest BCUT2D eigenvalue weighted by Crippen LogP contribution is 2.55. The molecule has 134 valence electrons. The van der Waals surface area contributed by atoms with Crippen LogP contribution in [0.1, 0.15) is 52.7 Å². The summed E-state index contributed by atoms with van der Waals surface area (Å²) in [6, 6.07) is 0. The van der Waals surface area contributed by atoms with Crippen molar-refractivity contribution in [3.63, 3.8) is 0 Å². The summed E-state index contributed by atoms with van der Waals surface area (Å²) in [4.78, 5) is 22.4. The van der Waals surface area contributed by atoms with Gasteiger partial charge in [-0.25, -0.2) is 0 Å². The maximum Gasteiger partial charge on any atom is 0.319 e. The minimum atomic E-state index is -0.762. The predicted octanol–water partition coefficient (Wildman–Crippen LogP) is 4.12. The Labute approximate surface area is 141 Å². The second-order valence-corrected chi connectivity index (χ2v) is 7.53. The van der Waals surface area contributed by atoms with Crippen LogP contribution >= 0.6 is 0 Å². The number of hydrogen-bond acceptors (Lipinski definition) is 6. The van der Waals surface area contributed by atoms with Crippen LogP contribution in [0.25, 0.3) is 0 Å². The van der Waals surface area contributed by atoms with E-state index in [-0.39, 0.29) is 34.0 Å². The molecule has 8 nitrogen and oxygen atoms in total. The molecule has 0 atom stereocenters. The lowest BCUT2D eigenvalue weighted by Gasteiger charge is -2.28. The molecule has 0 bridgehead atoms. The van der Waals surface area contributed by atoms with E-state index in [2.05, 4.69) is 0 Å². The number of methoxy groups -OCH3 is 2. The normalized spacial score (nSPS) is 12.0. The summed E-state index contributed by atoms with van der Waals surface area (Å²) in [5, 5.41) is 23.6. The Balaban J connectivity index is 4.34. The second kappa shape index (κ2) is 6.26. The smallest absolute Gasteiger partial charge is 0.319 e. The Bertz CT molecular complexity index is 624. The van der Waals surface area contributed by atoms with E-state index in [0.717, 1.165) is 0 Å². The Morgan fingerprint density at radius 2 is 0.958 bits per heavy atom. The van der Waals surface area contributed by atoms with Crippen LogP contribution in [0.5, 0.6) is 11.5 Å².